The van der Waals surface area contributed by atoms with Crippen molar-refractivity contribution in [1.29, 1.82) is 0 Å². The molecule has 0 unspecified atom stereocenters. The summed E-state index contributed by atoms with van der Waals surface area (Å²) >= 11 is 4.55. The van der Waals surface area contributed by atoms with E-state index in [-0.39, 0.29) is 17.7 Å². The van der Waals surface area contributed by atoms with Crippen LogP contribution in [0.15, 0.2) is 51.8 Å². The maximum Gasteiger partial charge on any atom is 0.294 e. The summed E-state index contributed by atoms with van der Waals surface area (Å²) in [4.78, 5) is 26.0. The van der Waals surface area contributed by atoms with E-state index >= 15 is 0 Å². The van der Waals surface area contributed by atoms with E-state index in [2.05, 4.69) is 44.6 Å². The van der Waals surface area contributed by atoms with Crippen LogP contribution in [0.4, 0.5) is 4.79 Å². The number of fused-ring (bicyclic) bond motifs is 1. The fourth-order valence-electron chi connectivity index (χ4n) is 3.61. The molecule has 2 aromatic carbocycles. The maximum absolute atomic E-state index is 12.5. The van der Waals surface area contributed by atoms with Crippen molar-refractivity contribution in [3.8, 4) is 18.0 Å². The van der Waals surface area contributed by atoms with Crippen molar-refractivity contribution >= 4 is 55.7 Å². The average Bonchev–Trinajstić information content (AvgIpc) is 3.13. The first-order valence-electron chi connectivity index (χ1n) is 8.97. The molecular weight excluding hydrogens is 448 g/mol. The Morgan fingerprint density at radius 1 is 1.14 bits per heavy atom. The lowest BCUT2D eigenvalue weighted by molar-refractivity contribution is -0.122. The van der Waals surface area contributed by atoms with Gasteiger partial charge in [0.05, 0.1) is 17.1 Å². The molecule has 1 aliphatic rings. The zero-order chi connectivity index (χ0) is 20.7. The van der Waals surface area contributed by atoms with Crippen LogP contribution >= 0.6 is 27.7 Å². The first-order valence-corrected chi connectivity index (χ1v) is 10.6. The van der Waals surface area contributed by atoms with Crippen molar-refractivity contribution in [2.75, 3.05) is 6.54 Å². The second kappa shape index (κ2) is 7.58. The van der Waals surface area contributed by atoms with Gasteiger partial charge in [0.2, 0.25) is 0 Å². The third kappa shape index (κ3) is 3.31. The number of carbonyl (C=O) groups excluding carboxylic acids is 2. The molecule has 3 aromatic rings. The molecule has 4 rings (SSSR count). The van der Waals surface area contributed by atoms with E-state index in [4.69, 9.17) is 6.42 Å². The Balaban J connectivity index is 1.82. The first-order chi connectivity index (χ1) is 13.9. The molecular formula is C23H17BrN2O2S. The van der Waals surface area contributed by atoms with Gasteiger partial charge in [-0.1, -0.05) is 46.1 Å². The van der Waals surface area contributed by atoms with Gasteiger partial charge in [0.25, 0.3) is 11.1 Å². The molecule has 0 bridgehead atoms. The number of thioether (sulfide) groups is 1. The summed E-state index contributed by atoms with van der Waals surface area (Å²) in [6.07, 6.45) is 7.05. The van der Waals surface area contributed by atoms with Gasteiger partial charge < -0.3 is 4.57 Å². The monoisotopic (exact) mass is 464 g/mol. The number of nitrogens with zero attached hydrogens (tertiary/aromatic N) is 2. The summed E-state index contributed by atoms with van der Waals surface area (Å²) in [6.45, 7) is 4.04. The Hall–Kier alpha value is -2.75. The zero-order valence-electron chi connectivity index (χ0n) is 15.9. The third-order valence-electron chi connectivity index (χ3n) is 4.97. The second-order valence-electron chi connectivity index (χ2n) is 6.75. The van der Waals surface area contributed by atoms with Crippen molar-refractivity contribution < 1.29 is 9.59 Å². The van der Waals surface area contributed by atoms with Gasteiger partial charge in [0.15, 0.2) is 0 Å². The van der Waals surface area contributed by atoms with Crippen LogP contribution in [-0.4, -0.2) is 27.2 Å². The van der Waals surface area contributed by atoms with E-state index in [1.54, 1.807) is 6.08 Å². The highest BCUT2D eigenvalue weighted by Crippen LogP contribution is 2.35. The maximum atomic E-state index is 12.5. The van der Waals surface area contributed by atoms with Gasteiger partial charge >= 0.3 is 0 Å². The molecule has 144 valence electrons. The standard InChI is InChI=1S/C23H17BrN2O2S/c1-4-11-25-22(27)21(29-23(25)28)13-16-12-14(2)26(15(16)3)20-10-9-19(24)17-7-5-6-8-18(17)20/h1,5-10,12-13H,11H2,2-3H3/b21-13-. The topological polar surface area (TPSA) is 42.3 Å². The summed E-state index contributed by atoms with van der Waals surface area (Å²) < 4.78 is 3.22. The Bertz CT molecular complexity index is 1250. The minimum atomic E-state index is -0.336. The van der Waals surface area contributed by atoms with E-state index in [1.165, 1.54) is 0 Å². The van der Waals surface area contributed by atoms with Crippen LogP contribution in [0.25, 0.3) is 22.5 Å². The van der Waals surface area contributed by atoms with Crippen molar-refractivity contribution in [3.05, 3.63) is 68.8 Å². The van der Waals surface area contributed by atoms with E-state index < -0.39 is 0 Å². The minimum absolute atomic E-state index is 0.00802. The lowest BCUT2D eigenvalue weighted by Gasteiger charge is -2.14. The molecule has 0 radical (unpaired) electrons. The Morgan fingerprint density at radius 3 is 2.59 bits per heavy atom. The zero-order valence-corrected chi connectivity index (χ0v) is 18.3. The van der Waals surface area contributed by atoms with E-state index in [0.29, 0.717) is 4.91 Å². The summed E-state index contributed by atoms with van der Waals surface area (Å²) in [5.74, 6) is 2.02. The number of amides is 2. The number of aromatic nitrogens is 1. The number of benzene rings is 2. The largest absolute Gasteiger partial charge is 0.317 e. The molecule has 0 atom stereocenters. The molecule has 0 N–H and O–H groups in total. The van der Waals surface area contributed by atoms with Gasteiger partial charge in [0.1, 0.15) is 0 Å². The molecule has 0 spiro atoms. The first kappa shape index (κ1) is 19.6. The smallest absolute Gasteiger partial charge is 0.294 e. The fraction of sp³-hybridized carbons (Fsp3) is 0.130. The highest BCUT2D eigenvalue weighted by molar-refractivity contribution is 9.10. The molecule has 0 saturated carbocycles. The van der Waals surface area contributed by atoms with Gasteiger partial charge in [-0.3, -0.25) is 14.5 Å². The molecule has 29 heavy (non-hydrogen) atoms. The summed E-state index contributed by atoms with van der Waals surface area (Å²) in [6, 6.07) is 14.4. The van der Waals surface area contributed by atoms with Gasteiger partial charge in [-0.2, -0.15) is 0 Å². The number of aryl methyl sites for hydroxylation is 1. The van der Waals surface area contributed by atoms with E-state index in [1.807, 2.05) is 38.1 Å². The van der Waals surface area contributed by atoms with Gasteiger partial charge in [-0.15, -0.1) is 6.42 Å². The number of terminal acetylenes is 1. The van der Waals surface area contributed by atoms with Crippen LogP contribution in [0.1, 0.15) is 17.0 Å². The highest BCUT2D eigenvalue weighted by Gasteiger charge is 2.34. The summed E-state index contributed by atoms with van der Waals surface area (Å²) in [5, 5.41) is 1.94. The van der Waals surface area contributed by atoms with Crippen LogP contribution in [0.2, 0.25) is 0 Å². The Labute approximate surface area is 181 Å². The number of rotatable bonds is 3. The molecule has 0 aliphatic carbocycles. The molecule has 1 aromatic heterocycles. The third-order valence-corrected chi connectivity index (χ3v) is 6.57. The predicted octanol–water partition coefficient (Wildman–Crippen LogP) is 5.68. The minimum Gasteiger partial charge on any atom is -0.317 e. The molecule has 6 heteroatoms. The van der Waals surface area contributed by atoms with Crippen LogP contribution in [0.3, 0.4) is 0 Å². The van der Waals surface area contributed by atoms with Crippen molar-refractivity contribution in [3.63, 3.8) is 0 Å². The number of carbonyl (C=O) groups is 2. The molecule has 1 fully saturated rings. The number of hydrogen-bond donors (Lipinski definition) is 0. The number of hydrogen-bond acceptors (Lipinski definition) is 3. The van der Waals surface area contributed by atoms with Gasteiger partial charge in [-0.05, 0) is 60.8 Å². The lowest BCUT2D eigenvalue weighted by atomic mass is 10.1. The van der Waals surface area contributed by atoms with Crippen LogP contribution < -0.4 is 0 Å². The Morgan fingerprint density at radius 2 is 1.86 bits per heavy atom. The van der Waals surface area contributed by atoms with Crippen molar-refractivity contribution in [2.24, 2.45) is 0 Å². The quantitative estimate of drug-likeness (QED) is 0.369. The molecule has 4 nitrogen and oxygen atoms in total. The average molecular weight is 465 g/mol. The molecule has 1 saturated heterocycles. The number of imide groups is 1. The van der Waals surface area contributed by atoms with Gasteiger partial charge in [-0.25, -0.2) is 0 Å². The molecule has 1 aliphatic heterocycles. The normalized spacial score (nSPS) is 15.5. The van der Waals surface area contributed by atoms with Crippen LogP contribution in [-0.2, 0) is 4.79 Å². The molecule has 2 heterocycles. The Kier molecular flexibility index (Phi) is 5.12. The SMILES string of the molecule is C#CCN1C(=O)S/C(=C\c2cc(C)n(-c3ccc(Br)c4ccccc34)c2C)C1=O. The van der Waals surface area contributed by atoms with Crippen LogP contribution in [0, 0.1) is 26.2 Å². The molecule has 2 amide bonds. The highest BCUT2D eigenvalue weighted by atomic mass is 79.9. The predicted molar refractivity (Wildman–Crippen MR) is 122 cm³/mol. The lowest BCUT2D eigenvalue weighted by Crippen LogP contribution is -2.28. The summed E-state index contributed by atoms with van der Waals surface area (Å²) in [5.41, 5.74) is 4.02. The second-order valence-corrected chi connectivity index (χ2v) is 8.59. The summed E-state index contributed by atoms with van der Waals surface area (Å²) in [7, 11) is 0. The van der Waals surface area contributed by atoms with Crippen molar-refractivity contribution in [2.45, 2.75) is 13.8 Å². The number of halogens is 1. The van der Waals surface area contributed by atoms with Crippen LogP contribution in [0.5, 0.6) is 0 Å². The van der Waals surface area contributed by atoms with E-state index in [0.717, 1.165) is 54.5 Å². The van der Waals surface area contributed by atoms with Crippen molar-refractivity contribution in [1.82, 2.24) is 9.47 Å². The van der Waals surface area contributed by atoms with E-state index in [9.17, 15) is 9.59 Å². The fourth-order valence-corrected chi connectivity index (χ4v) is 4.92. The van der Waals surface area contributed by atoms with Gasteiger partial charge in [0, 0.05) is 21.2 Å².